The molecule has 1 saturated carbocycles. The van der Waals surface area contributed by atoms with Gasteiger partial charge in [0.05, 0.1) is 12.7 Å². The zero-order chi connectivity index (χ0) is 25.4. The molecule has 0 unspecified atom stereocenters. The number of piperidine rings is 1. The molecule has 1 aliphatic carbocycles. The van der Waals surface area contributed by atoms with Crippen molar-refractivity contribution >= 4 is 11.7 Å². The van der Waals surface area contributed by atoms with Crippen LogP contribution in [0.25, 0.3) is 0 Å². The van der Waals surface area contributed by atoms with Gasteiger partial charge in [0.15, 0.2) is 0 Å². The smallest absolute Gasteiger partial charge is 0.319 e. The number of benzene rings is 2. The lowest BCUT2D eigenvalue weighted by atomic mass is 9.76. The van der Waals surface area contributed by atoms with Crippen LogP contribution in [0, 0.1) is 17.7 Å². The predicted octanol–water partition coefficient (Wildman–Crippen LogP) is 5.22. The first-order chi connectivity index (χ1) is 17.4. The summed E-state index contributed by atoms with van der Waals surface area (Å²) >= 11 is 0. The number of anilines is 1. The Bertz CT molecular complexity index is 972. The molecular weight excluding hydrogens is 457 g/mol. The van der Waals surface area contributed by atoms with Gasteiger partial charge in [-0.3, -0.25) is 0 Å². The van der Waals surface area contributed by atoms with E-state index in [1.54, 1.807) is 13.2 Å². The fourth-order valence-corrected chi connectivity index (χ4v) is 5.77. The Labute approximate surface area is 214 Å². The molecule has 1 saturated heterocycles. The Morgan fingerprint density at radius 3 is 2.50 bits per heavy atom. The number of hydrogen-bond acceptors (Lipinski definition) is 4. The highest BCUT2D eigenvalue weighted by Crippen LogP contribution is 2.34. The van der Waals surface area contributed by atoms with E-state index in [2.05, 4.69) is 15.5 Å². The van der Waals surface area contributed by atoms with Gasteiger partial charge in [0.1, 0.15) is 11.6 Å². The molecule has 2 fully saturated rings. The van der Waals surface area contributed by atoms with Crippen molar-refractivity contribution in [1.82, 2.24) is 10.2 Å². The summed E-state index contributed by atoms with van der Waals surface area (Å²) in [6, 6.07) is 13.7. The third-order valence-electron chi connectivity index (χ3n) is 7.89. The minimum atomic E-state index is -0.962. The number of urea groups is 1. The van der Waals surface area contributed by atoms with Crippen molar-refractivity contribution in [2.45, 2.75) is 57.0 Å². The van der Waals surface area contributed by atoms with Gasteiger partial charge in [-0.1, -0.05) is 37.5 Å². The van der Waals surface area contributed by atoms with Crippen LogP contribution in [0.5, 0.6) is 5.75 Å². The van der Waals surface area contributed by atoms with Crippen LogP contribution >= 0.6 is 0 Å². The third kappa shape index (κ3) is 7.43. The first-order valence-corrected chi connectivity index (χ1v) is 13.3. The number of aliphatic hydroxyl groups is 1. The van der Waals surface area contributed by atoms with Crippen molar-refractivity contribution in [3.05, 3.63) is 59.9 Å². The lowest BCUT2D eigenvalue weighted by Crippen LogP contribution is -2.57. The lowest BCUT2D eigenvalue weighted by molar-refractivity contribution is -0.0591. The lowest BCUT2D eigenvalue weighted by Gasteiger charge is -2.43. The number of halogens is 1. The van der Waals surface area contributed by atoms with Gasteiger partial charge in [0.25, 0.3) is 0 Å². The molecule has 2 aromatic carbocycles. The molecule has 196 valence electrons. The maximum absolute atomic E-state index is 13.2. The van der Waals surface area contributed by atoms with Crippen LogP contribution in [0.2, 0.25) is 0 Å². The molecule has 0 aromatic heterocycles. The molecule has 0 radical (unpaired) electrons. The van der Waals surface area contributed by atoms with Crippen molar-refractivity contribution in [3.63, 3.8) is 0 Å². The Morgan fingerprint density at radius 2 is 1.81 bits per heavy atom. The number of nitrogens with zero attached hydrogens (tertiary/aromatic N) is 1. The Hall–Kier alpha value is -2.64. The molecule has 1 heterocycles. The summed E-state index contributed by atoms with van der Waals surface area (Å²) < 4.78 is 18.4. The third-order valence-corrected chi connectivity index (χ3v) is 7.89. The van der Waals surface area contributed by atoms with Crippen molar-refractivity contribution < 1.29 is 19.0 Å². The van der Waals surface area contributed by atoms with Crippen molar-refractivity contribution in [3.8, 4) is 5.75 Å². The number of amides is 2. The number of hydrogen-bond donors (Lipinski definition) is 3. The van der Waals surface area contributed by atoms with E-state index in [1.807, 2.05) is 30.3 Å². The van der Waals surface area contributed by atoms with Crippen LogP contribution in [0.15, 0.2) is 48.5 Å². The van der Waals surface area contributed by atoms with E-state index in [9.17, 15) is 14.3 Å². The van der Waals surface area contributed by atoms with E-state index >= 15 is 0 Å². The summed E-state index contributed by atoms with van der Waals surface area (Å²) in [7, 11) is 1.59. The summed E-state index contributed by atoms with van der Waals surface area (Å²) in [5, 5.41) is 17.7. The summed E-state index contributed by atoms with van der Waals surface area (Å²) in [5.41, 5.74) is 0.867. The number of carbonyl (C=O) groups excluding carboxylic acids is 1. The van der Waals surface area contributed by atoms with Crippen molar-refractivity contribution in [1.29, 1.82) is 0 Å². The summed E-state index contributed by atoms with van der Waals surface area (Å²) in [4.78, 5) is 15.0. The van der Waals surface area contributed by atoms with E-state index in [0.29, 0.717) is 23.9 Å². The van der Waals surface area contributed by atoms with E-state index in [-0.39, 0.29) is 24.3 Å². The van der Waals surface area contributed by atoms with E-state index in [1.165, 1.54) is 24.1 Å². The first-order valence-electron chi connectivity index (χ1n) is 13.3. The van der Waals surface area contributed by atoms with Gasteiger partial charge in [0, 0.05) is 24.8 Å². The summed E-state index contributed by atoms with van der Waals surface area (Å²) in [5.74, 6) is 1.23. The summed E-state index contributed by atoms with van der Waals surface area (Å²) in [6.07, 6.45) is 8.54. The average Bonchev–Trinajstić information content (AvgIpc) is 2.90. The molecule has 2 amide bonds. The molecule has 0 spiro atoms. The van der Waals surface area contributed by atoms with Crippen molar-refractivity contribution in [2.24, 2.45) is 11.8 Å². The van der Waals surface area contributed by atoms with Crippen LogP contribution in [-0.4, -0.2) is 54.9 Å². The Balaban J connectivity index is 1.32. The minimum Gasteiger partial charge on any atom is -0.497 e. The fraction of sp³-hybridized carbons (Fsp3) is 0.552. The zero-order valence-corrected chi connectivity index (χ0v) is 21.3. The second-order valence-corrected chi connectivity index (χ2v) is 10.5. The SMILES string of the molecule is COc1cccc(NC(=O)NC[C@](O)(CN2CCC(Cc3ccc(F)cc3)CC2)C2CCCCC2)c1. The van der Waals surface area contributed by atoms with Crippen LogP contribution in [0.4, 0.5) is 14.9 Å². The topological polar surface area (TPSA) is 73.8 Å². The highest BCUT2D eigenvalue weighted by molar-refractivity contribution is 5.89. The molecule has 0 bridgehead atoms. The molecule has 2 aromatic rings. The van der Waals surface area contributed by atoms with Crippen LogP contribution in [-0.2, 0) is 6.42 Å². The number of ether oxygens (including phenoxy) is 1. The van der Waals surface area contributed by atoms with Gasteiger partial charge in [-0.25, -0.2) is 9.18 Å². The normalized spacial score (nSPS) is 19.4. The van der Waals surface area contributed by atoms with E-state index in [4.69, 9.17) is 4.74 Å². The van der Waals surface area contributed by atoms with E-state index in [0.717, 1.165) is 58.0 Å². The number of β-amino-alcohol motifs (C(OH)–C–C–N with tert-alkyl or cyclic N) is 1. The zero-order valence-electron chi connectivity index (χ0n) is 21.3. The second kappa shape index (κ2) is 12.5. The molecule has 3 N–H and O–H groups in total. The van der Waals surface area contributed by atoms with Gasteiger partial charge in [-0.2, -0.15) is 0 Å². The van der Waals surface area contributed by atoms with Crippen LogP contribution in [0.1, 0.15) is 50.5 Å². The molecule has 6 nitrogen and oxygen atoms in total. The van der Waals surface area contributed by atoms with E-state index < -0.39 is 5.60 Å². The van der Waals surface area contributed by atoms with Crippen LogP contribution in [0.3, 0.4) is 0 Å². The highest BCUT2D eigenvalue weighted by Gasteiger charge is 2.39. The largest absolute Gasteiger partial charge is 0.497 e. The number of methoxy groups -OCH3 is 1. The maximum Gasteiger partial charge on any atom is 0.319 e. The maximum atomic E-state index is 13.2. The molecule has 2 aliphatic rings. The second-order valence-electron chi connectivity index (χ2n) is 10.5. The molecule has 7 heteroatoms. The van der Waals surface area contributed by atoms with Gasteiger partial charge < -0.3 is 25.4 Å². The van der Waals surface area contributed by atoms with Gasteiger partial charge in [-0.05, 0) is 86.9 Å². The fourth-order valence-electron chi connectivity index (χ4n) is 5.77. The van der Waals surface area contributed by atoms with Gasteiger partial charge >= 0.3 is 6.03 Å². The quantitative estimate of drug-likeness (QED) is 0.444. The van der Waals surface area contributed by atoms with Gasteiger partial charge in [-0.15, -0.1) is 0 Å². The number of likely N-dealkylation sites (tertiary alicyclic amines) is 1. The Morgan fingerprint density at radius 1 is 1.08 bits per heavy atom. The first kappa shape index (κ1) is 26.4. The van der Waals surface area contributed by atoms with Crippen LogP contribution < -0.4 is 15.4 Å². The Kier molecular flexibility index (Phi) is 9.21. The molecular formula is C29H40FN3O3. The molecule has 1 aliphatic heterocycles. The minimum absolute atomic E-state index is 0.181. The monoisotopic (exact) mass is 497 g/mol. The molecule has 4 rings (SSSR count). The van der Waals surface area contributed by atoms with Crippen molar-refractivity contribution in [2.75, 3.05) is 38.6 Å². The average molecular weight is 498 g/mol. The highest BCUT2D eigenvalue weighted by atomic mass is 19.1. The molecule has 36 heavy (non-hydrogen) atoms. The number of nitrogens with one attached hydrogen (secondary N) is 2. The predicted molar refractivity (Wildman–Crippen MR) is 141 cm³/mol. The standard InChI is InChI=1S/C29H40FN3O3/c1-36-27-9-5-8-26(19-27)32-28(34)31-20-29(35,24-6-3-2-4-7-24)21-33-16-14-23(15-17-33)18-22-10-12-25(30)13-11-22/h5,8-13,19,23-24,35H,2-4,6-7,14-18,20-21H2,1H3,(H2,31,32,34)/t29-/m0/s1. The number of rotatable bonds is 9. The van der Waals surface area contributed by atoms with Gasteiger partial charge in [0.2, 0.25) is 0 Å². The number of carbonyl (C=O) groups is 1. The molecule has 1 atom stereocenters. The summed E-state index contributed by atoms with van der Waals surface area (Å²) in [6.45, 7) is 2.65.